The highest BCUT2D eigenvalue weighted by Crippen LogP contribution is 2.32. The van der Waals surface area contributed by atoms with Gasteiger partial charge in [0.1, 0.15) is 18.2 Å². The van der Waals surface area contributed by atoms with E-state index in [1.54, 1.807) is 6.07 Å². The predicted octanol–water partition coefficient (Wildman–Crippen LogP) is 7.10. The maximum Gasteiger partial charge on any atom is 0.133 e. The van der Waals surface area contributed by atoms with Gasteiger partial charge < -0.3 is 10.1 Å². The van der Waals surface area contributed by atoms with Crippen molar-refractivity contribution in [1.82, 2.24) is 9.78 Å². The number of halogens is 2. The van der Waals surface area contributed by atoms with E-state index in [0.717, 1.165) is 59.9 Å². The number of aromatic nitrogens is 2. The smallest absolute Gasteiger partial charge is 0.133 e. The number of fused-ring (bicyclic) bond motifs is 1. The topological polar surface area (TPSA) is 39.1 Å². The van der Waals surface area contributed by atoms with E-state index in [1.807, 2.05) is 47.1 Å². The van der Waals surface area contributed by atoms with Crippen molar-refractivity contribution < 1.29 is 4.74 Å². The van der Waals surface area contributed by atoms with Crippen LogP contribution in [0.5, 0.6) is 5.75 Å². The van der Waals surface area contributed by atoms with Crippen molar-refractivity contribution in [3.63, 3.8) is 0 Å². The Hall–Kier alpha value is -2.95. The average molecular weight is 478 g/mol. The van der Waals surface area contributed by atoms with Gasteiger partial charge in [-0.3, -0.25) is 0 Å². The molecule has 1 aliphatic rings. The molecule has 0 radical (unpaired) electrons. The van der Waals surface area contributed by atoms with Gasteiger partial charge in [-0.25, -0.2) is 4.68 Å². The van der Waals surface area contributed by atoms with Gasteiger partial charge in [0.25, 0.3) is 0 Å². The van der Waals surface area contributed by atoms with E-state index in [4.69, 9.17) is 33.0 Å². The van der Waals surface area contributed by atoms with E-state index in [9.17, 15) is 0 Å². The molecule has 33 heavy (non-hydrogen) atoms. The van der Waals surface area contributed by atoms with Gasteiger partial charge in [0.15, 0.2) is 0 Å². The first-order chi connectivity index (χ1) is 16.2. The second kappa shape index (κ2) is 9.90. The lowest BCUT2D eigenvalue weighted by atomic mass is 10.0. The summed E-state index contributed by atoms with van der Waals surface area (Å²) in [5, 5.41) is 9.92. The number of nitrogens with one attached hydrogen (secondary N) is 1. The molecule has 1 aromatic heterocycles. The van der Waals surface area contributed by atoms with Crippen molar-refractivity contribution in [1.29, 1.82) is 0 Å². The first-order valence-corrected chi connectivity index (χ1v) is 12.0. The van der Waals surface area contributed by atoms with Crippen molar-refractivity contribution in [3.8, 4) is 11.4 Å². The van der Waals surface area contributed by atoms with Gasteiger partial charge in [0.2, 0.25) is 0 Å². The molecule has 1 N–H and O–H groups in total. The monoisotopic (exact) mass is 477 g/mol. The molecular formula is C27H25Cl2N3O. The summed E-state index contributed by atoms with van der Waals surface area (Å²) in [5.74, 6) is 1.91. The fourth-order valence-corrected chi connectivity index (χ4v) is 4.65. The molecule has 0 aliphatic carbocycles. The standard InChI is InChI=1S/C27H25Cl2N3O/c28-21-10-9-20(25(29)17-21)16-26-24-8-4-5-15-30-27(24)32(31-26)22-11-13-23(14-12-22)33-18-19-6-2-1-3-7-19/h1-3,6-7,9-14,17,30H,4-5,8,15-16,18H2. The first kappa shape index (κ1) is 21.9. The summed E-state index contributed by atoms with van der Waals surface area (Å²) in [6, 6.07) is 23.9. The number of rotatable bonds is 6. The van der Waals surface area contributed by atoms with Crippen LogP contribution in [0, 0.1) is 0 Å². The fourth-order valence-electron chi connectivity index (χ4n) is 4.17. The third-order valence-corrected chi connectivity index (χ3v) is 6.50. The first-order valence-electron chi connectivity index (χ1n) is 11.2. The molecule has 4 aromatic rings. The normalized spacial score (nSPS) is 13.2. The number of ether oxygens (including phenoxy) is 1. The fraction of sp³-hybridized carbons (Fsp3) is 0.222. The Morgan fingerprint density at radius 2 is 1.76 bits per heavy atom. The van der Waals surface area contributed by atoms with Crippen LogP contribution in [0.4, 0.5) is 5.82 Å². The zero-order valence-electron chi connectivity index (χ0n) is 18.2. The molecule has 0 amide bonds. The lowest BCUT2D eigenvalue weighted by Gasteiger charge is -2.11. The molecule has 0 fully saturated rings. The highest BCUT2D eigenvalue weighted by atomic mass is 35.5. The van der Waals surface area contributed by atoms with E-state index in [0.29, 0.717) is 23.1 Å². The molecule has 4 nitrogen and oxygen atoms in total. The Labute approximate surface area is 204 Å². The number of hydrogen-bond donors (Lipinski definition) is 1. The van der Waals surface area contributed by atoms with Crippen LogP contribution in [0.3, 0.4) is 0 Å². The molecule has 3 aromatic carbocycles. The van der Waals surface area contributed by atoms with Crippen LogP contribution in [0.25, 0.3) is 5.69 Å². The molecular weight excluding hydrogens is 453 g/mol. The zero-order valence-corrected chi connectivity index (χ0v) is 19.7. The average Bonchev–Trinajstić information content (AvgIpc) is 3.00. The van der Waals surface area contributed by atoms with Gasteiger partial charge in [-0.1, -0.05) is 59.6 Å². The van der Waals surface area contributed by atoms with Crippen LogP contribution in [0.1, 0.15) is 35.2 Å². The summed E-state index contributed by atoms with van der Waals surface area (Å²) >= 11 is 12.5. The maximum atomic E-state index is 6.46. The van der Waals surface area contributed by atoms with E-state index in [-0.39, 0.29) is 0 Å². The number of anilines is 1. The minimum Gasteiger partial charge on any atom is -0.489 e. The number of benzene rings is 3. The van der Waals surface area contributed by atoms with Gasteiger partial charge in [-0.15, -0.1) is 0 Å². The zero-order chi connectivity index (χ0) is 22.6. The molecule has 0 bridgehead atoms. The van der Waals surface area contributed by atoms with Crippen molar-refractivity contribution in [2.45, 2.75) is 32.3 Å². The van der Waals surface area contributed by atoms with Crippen LogP contribution in [0.15, 0.2) is 72.8 Å². The lowest BCUT2D eigenvalue weighted by Crippen LogP contribution is -2.07. The van der Waals surface area contributed by atoms with Gasteiger partial charge in [0.05, 0.1) is 11.4 Å². The molecule has 0 saturated heterocycles. The van der Waals surface area contributed by atoms with Crippen molar-refractivity contribution in [3.05, 3.63) is 105 Å². The van der Waals surface area contributed by atoms with E-state index in [1.165, 1.54) is 5.56 Å². The Kier molecular flexibility index (Phi) is 6.56. The second-order valence-electron chi connectivity index (χ2n) is 8.25. The third kappa shape index (κ3) is 5.02. The molecule has 5 rings (SSSR count). The number of hydrogen-bond acceptors (Lipinski definition) is 3. The van der Waals surface area contributed by atoms with E-state index in [2.05, 4.69) is 29.6 Å². The third-order valence-electron chi connectivity index (χ3n) is 5.92. The van der Waals surface area contributed by atoms with Crippen LogP contribution in [-0.2, 0) is 19.4 Å². The summed E-state index contributed by atoms with van der Waals surface area (Å²) in [5.41, 5.74) is 5.49. The summed E-state index contributed by atoms with van der Waals surface area (Å²) in [6.07, 6.45) is 3.95. The molecule has 0 saturated carbocycles. The number of nitrogens with zero attached hydrogens (tertiary/aromatic N) is 2. The Morgan fingerprint density at radius 1 is 0.939 bits per heavy atom. The molecule has 6 heteroatoms. The highest BCUT2D eigenvalue weighted by Gasteiger charge is 2.21. The summed E-state index contributed by atoms with van der Waals surface area (Å²) in [4.78, 5) is 0. The molecule has 0 spiro atoms. The van der Waals surface area contributed by atoms with Gasteiger partial charge in [0, 0.05) is 28.6 Å². The summed E-state index contributed by atoms with van der Waals surface area (Å²) < 4.78 is 7.97. The quantitative estimate of drug-likeness (QED) is 0.321. The molecule has 1 aliphatic heterocycles. The minimum absolute atomic E-state index is 0.547. The van der Waals surface area contributed by atoms with Crippen molar-refractivity contribution >= 4 is 29.0 Å². The Bertz CT molecular complexity index is 1240. The molecule has 2 heterocycles. The molecule has 168 valence electrons. The molecule has 0 unspecified atom stereocenters. The largest absolute Gasteiger partial charge is 0.489 e. The van der Waals surface area contributed by atoms with Crippen molar-refractivity contribution in [2.75, 3.05) is 11.9 Å². The second-order valence-corrected chi connectivity index (χ2v) is 9.09. The summed E-state index contributed by atoms with van der Waals surface area (Å²) in [6.45, 7) is 1.49. The van der Waals surface area contributed by atoms with Crippen LogP contribution < -0.4 is 10.1 Å². The Balaban J connectivity index is 1.41. The van der Waals surface area contributed by atoms with Gasteiger partial charge >= 0.3 is 0 Å². The van der Waals surface area contributed by atoms with E-state index >= 15 is 0 Å². The van der Waals surface area contributed by atoms with E-state index < -0.39 is 0 Å². The minimum atomic E-state index is 0.547. The maximum absolute atomic E-state index is 6.46. The van der Waals surface area contributed by atoms with Crippen LogP contribution in [-0.4, -0.2) is 16.3 Å². The van der Waals surface area contributed by atoms with Gasteiger partial charge in [-0.05, 0) is 66.8 Å². The Morgan fingerprint density at radius 3 is 2.55 bits per heavy atom. The SMILES string of the molecule is Clc1ccc(Cc2nn(-c3ccc(OCc4ccccc4)cc3)c3c2CCCCN3)c(Cl)c1. The lowest BCUT2D eigenvalue weighted by molar-refractivity contribution is 0.306. The molecule has 0 atom stereocenters. The van der Waals surface area contributed by atoms with Crippen LogP contribution >= 0.6 is 23.2 Å². The summed E-state index contributed by atoms with van der Waals surface area (Å²) in [7, 11) is 0. The van der Waals surface area contributed by atoms with Crippen molar-refractivity contribution in [2.24, 2.45) is 0 Å². The van der Waals surface area contributed by atoms with Gasteiger partial charge in [-0.2, -0.15) is 5.10 Å². The highest BCUT2D eigenvalue weighted by molar-refractivity contribution is 6.35. The predicted molar refractivity (Wildman–Crippen MR) is 135 cm³/mol. The van der Waals surface area contributed by atoms with Crippen LogP contribution in [0.2, 0.25) is 10.0 Å².